The summed E-state index contributed by atoms with van der Waals surface area (Å²) in [5, 5.41) is 3.71. The highest BCUT2D eigenvalue weighted by Gasteiger charge is 2.29. The number of hydrogen-bond acceptors (Lipinski definition) is 6. The summed E-state index contributed by atoms with van der Waals surface area (Å²) in [6.07, 6.45) is 2.09. The first kappa shape index (κ1) is 16.9. The van der Waals surface area contributed by atoms with Gasteiger partial charge in [-0.25, -0.2) is 0 Å². The Balaban J connectivity index is 1.27. The molecule has 0 bridgehead atoms. The van der Waals surface area contributed by atoms with Crippen molar-refractivity contribution < 1.29 is 23.3 Å². The molecule has 0 radical (unpaired) electrons. The maximum atomic E-state index is 12.1. The molecule has 27 heavy (non-hydrogen) atoms. The van der Waals surface area contributed by atoms with Gasteiger partial charge in [0.2, 0.25) is 0 Å². The minimum Gasteiger partial charge on any atom is -0.486 e. The number of furan rings is 1. The lowest BCUT2D eigenvalue weighted by atomic mass is 10.3. The van der Waals surface area contributed by atoms with Gasteiger partial charge in [-0.1, -0.05) is 23.4 Å². The fourth-order valence-corrected chi connectivity index (χ4v) is 2.44. The summed E-state index contributed by atoms with van der Waals surface area (Å²) in [4.78, 5) is 24.1. The maximum absolute atomic E-state index is 12.1. The quantitative estimate of drug-likeness (QED) is 0.649. The Hall–Kier alpha value is -3.55. The van der Waals surface area contributed by atoms with E-state index >= 15 is 0 Å². The second-order valence-electron chi connectivity index (χ2n) is 6.16. The maximum Gasteiger partial charge on any atom is 0.305 e. The van der Waals surface area contributed by atoms with Gasteiger partial charge in [-0.05, 0) is 37.1 Å². The van der Waals surface area contributed by atoms with Crippen LogP contribution in [0.2, 0.25) is 0 Å². The number of amides is 2. The molecule has 2 N–H and O–H groups in total. The molecule has 0 atom stereocenters. The first-order valence-electron chi connectivity index (χ1n) is 8.53. The van der Waals surface area contributed by atoms with Crippen LogP contribution in [0.15, 0.2) is 57.5 Å². The normalized spacial score (nSPS) is 13.2. The molecule has 3 aromatic rings. The van der Waals surface area contributed by atoms with E-state index in [4.69, 9.17) is 13.7 Å². The Morgan fingerprint density at radius 1 is 1.07 bits per heavy atom. The Labute approximate surface area is 154 Å². The van der Waals surface area contributed by atoms with E-state index < -0.39 is 11.8 Å². The molecule has 8 heteroatoms. The van der Waals surface area contributed by atoms with Crippen LogP contribution in [-0.2, 0) is 6.61 Å². The zero-order chi connectivity index (χ0) is 18.6. The Morgan fingerprint density at radius 2 is 1.85 bits per heavy atom. The van der Waals surface area contributed by atoms with E-state index in [1.165, 1.54) is 6.07 Å². The highest BCUT2D eigenvalue weighted by molar-refractivity contribution is 5.96. The Kier molecular flexibility index (Phi) is 4.61. The number of hydrogen-bond donors (Lipinski definition) is 2. The molecule has 0 aliphatic heterocycles. The highest BCUT2D eigenvalue weighted by Crippen LogP contribution is 2.40. The van der Waals surface area contributed by atoms with E-state index in [2.05, 4.69) is 16.0 Å². The van der Waals surface area contributed by atoms with E-state index in [0.29, 0.717) is 23.2 Å². The van der Waals surface area contributed by atoms with Crippen LogP contribution in [0.25, 0.3) is 0 Å². The lowest BCUT2D eigenvalue weighted by Crippen LogP contribution is -2.41. The van der Waals surface area contributed by atoms with Gasteiger partial charge in [0, 0.05) is 12.0 Å². The SMILES string of the molecule is O=C(NNC(=O)c1ccc(COc2ccccc2)o1)c1cc(C2CC2)on1. The van der Waals surface area contributed by atoms with Gasteiger partial charge in [0.25, 0.3) is 5.91 Å². The van der Waals surface area contributed by atoms with Crippen LogP contribution in [0.1, 0.15) is 51.3 Å². The van der Waals surface area contributed by atoms with Crippen LogP contribution in [-0.4, -0.2) is 17.0 Å². The molecule has 2 heterocycles. The van der Waals surface area contributed by atoms with E-state index in [1.807, 2.05) is 30.3 Å². The lowest BCUT2D eigenvalue weighted by molar-refractivity contribution is 0.0824. The van der Waals surface area contributed by atoms with Crippen molar-refractivity contribution >= 4 is 11.8 Å². The highest BCUT2D eigenvalue weighted by atomic mass is 16.5. The summed E-state index contributed by atoms with van der Waals surface area (Å²) < 4.78 is 16.1. The molecule has 8 nitrogen and oxygen atoms in total. The number of nitrogens with zero attached hydrogens (tertiary/aromatic N) is 1. The van der Waals surface area contributed by atoms with E-state index in [0.717, 1.165) is 12.8 Å². The first-order valence-corrected chi connectivity index (χ1v) is 8.53. The van der Waals surface area contributed by atoms with Crippen molar-refractivity contribution in [1.29, 1.82) is 0 Å². The van der Waals surface area contributed by atoms with Crippen LogP contribution < -0.4 is 15.6 Å². The largest absolute Gasteiger partial charge is 0.486 e. The molecule has 2 aromatic heterocycles. The van der Waals surface area contributed by atoms with Gasteiger partial charge in [0.1, 0.15) is 23.9 Å². The van der Waals surface area contributed by atoms with Crippen molar-refractivity contribution in [1.82, 2.24) is 16.0 Å². The summed E-state index contributed by atoms with van der Waals surface area (Å²) >= 11 is 0. The molecule has 1 fully saturated rings. The molecular weight excluding hydrogens is 350 g/mol. The molecule has 1 aliphatic rings. The van der Waals surface area contributed by atoms with Gasteiger partial charge < -0.3 is 13.7 Å². The molecule has 1 aromatic carbocycles. The molecule has 0 spiro atoms. The standard InChI is InChI=1S/C19H17N3O5/c23-18(15-10-17(27-22-15)12-6-7-12)20-21-19(24)16-9-8-14(26-16)11-25-13-4-2-1-3-5-13/h1-5,8-10,12H,6-7,11H2,(H,20,23)(H,21,24). The molecule has 138 valence electrons. The fraction of sp³-hybridized carbons (Fsp3) is 0.211. The number of carbonyl (C=O) groups excluding carboxylic acids is 2. The van der Waals surface area contributed by atoms with E-state index in [-0.39, 0.29) is 18.1 Å². The number of hydrazine groups is 1. The van der Waals surface area contributed by atoms with Crippen LogP contribution in [0, 0.1) is 0 Å². The monoisotopic (exact) mass is 367 g/mol. The summed E-state index contributed by atoms with van der Waals surface area (Å²) in [5.41, 5.74) is 4.69. The van der Waals surface area contributed by atoms with E-state index in [1.54, 1.807) is 12.1 Å². The predicted octanol–water partition coefficient (Wildman–Crippen LogP) is 2.80. The number of rotatable bonds is 6. The Bertz CT molecular complexity index is 943. The molecule has 2 amide bonds. The summed E-state index contributed by atoms with van der Waals surface area (Å²) in [7, 11) is 0. The predicted molar refractivity (Wildman–Crippen MR) is 92.9 cm³/mol. The van der Waals surface area contributed by atoms with Crippen molar-refractivity contribution in [2.45, 2.75) is 25.4 Å². The van der Waals surface area contributed by atoms with Gasteiger partial charge in [-0.3, -0.25) is 20.4 Å². The molecule has 1 aliphatic carbocycles. The van der Waals surface area contributed by atoms with E-state index in [9.17, 15) is 9.59 Å². The minimum absolute atomic E-state index is 0.0563. The summed E-state index contributed by atoms with van der Waals surface area (Å²) in [6.45, 7) is 0.187. The number of ether oxygens (including phenoxy) is 1. The van der Waals surface area contributed by atoms with Gasteiger partial charge in [-0.15, -0.1) is 0 Å². The number of para-hydroxylation sites is 1. The van der Waals surface area contributed by atoms with Gasteiger partial charge >= 0.3 is 5.91 Å². The number of carbonyl (C=O) groups is 2. The topological polar surface area (TPSA) is 107 Å². The molecule has 0 saturated heterocycles. The number of benzene rings is 1. The number of aromatic nitrogens is 1. The van der Waals surface area contributed by atoms with Gasteiger partial charge in [-0.2, -0.15) is 0 Å². The zero-order valence-electron chi connectivity index (χ0n) is 14.3. The average molecular weight is 367 g/mol. The second-order valence-corrected chi connectivity index (χ2v) is 6.16. The third-order valence-corrected chi connectivity index (χ3v) is 4.04. The van der Waals surface area contributed by atoms with Crippen LogP contribution in [0.4, 0.5) is 0 Å². The molecular formula is C19H17N3O5. The van der Waals surface area contributed by atoms with Crippen molar-refractivity contribution in [3.05, 3.63) is 71.5 Å². The molecule has 1 saturated carbocycles. The van der Waals surface area contributed by atoms with Crippen molar-refractivity contribution in [3.8, 4) is 5.75 Å². The zero-order valence-corrected chi connectivity index (χ0v) is 14.3. The van der Waals surface area contributed by atoms with Crippen LogP contribution >= 0.6 is 0 Å². The smallest absolute Gasteiger partial charge is 0.305 e. The average Bonchev–Trinajstić information content (AvgIpc) is 3.23. The Morgan fingerprint density at radius 3 is 2.63 bits per heavy atom. The van der Waals surface area contributed by atoms with Crippen LogP contribution in [0.3, 0.4) is 0 Å². The lowest BCUT2D eigenvalue weighted by Gasteiger charge is -2.04. The fourth-order valence-electron chi connectivity index (χ4n) is 2.44. The summed E-state index contributed by atoms with van der Waals surface area (Å²) in [5.74, 6) is 1.15. The van der Waals surface area contributed by atoms with Gasteiger partial charge in [0.15, 0.2) is 11.5 Å². The van der Waals surface area contributed by atoms with Gasteiger partial charge in [0.05, 0.1) is 0 Å². The minimum atomic E-state index is -0.583. The molecule has 0 unspecified atom stereocenters. The second kappa shape index (κ2) is 7.36. The summed E-state index contributed by atoms with van der Waals surface area (Å²) in [6, 6.07) is 14.0. The third kappa shape index (κ3) is 4.17. The van der Waals surface area contributed by atoms with Crippen molar-refractivity contribution in [3.63, 3.8) is 0 Å². The van der Waals surface area contributed by atoms with Crippen molar-refractivity contribution in [2.24, 2.45) is 0 Å². The van der Waals surface area contributed by atoms with Crippen molar-refractivity contribution in [2.75, 3.05) is 0 Å². The molecule has 4 rings (SSSR count). The third-order valence-electron chi connectivity index (χ3n) is 4.04. The van der Waals surface area contributed by atoms with Crippen LogP contribution in [0.5, 0.6) is 5.75 Å². The first-order chi connectivity index (χ1) is 13.2. The number of nitrogens with one attached hydrogen (secondary N) is 2.